The highest BCUT2D eigenvalue weighted by molar-refractivity contribution is 9.10. The summed E-state index contributed by atoms with van der Waals surface area (Å²) < 4.78 is 9.67. The quantitative estimate of drug-likeness (QED) is 0.342. The zero-order valence-electron chi connectivity index (χ0n) is 13.1. The van der Waals surface area contributed by atoms with Gasteiger partial charge < -0.3 is 9.30 Å². The standard InChI is InChI=1S/C21H13BrClNO/c22-15-6-8-17-19-11-14-10-16(23)7-9-18(14)24(19)21(25-20(17)12-15)13-4-2-1-3-5-13/h1-12,21H/t21-/m1/s1. The molecule has 0 saturated carbocycles. The lowest BCUT2D eigenvalue weighted by Gasteiger charge is -2.30. The number of fused-ring (bicyclic) bond motifs is 5. The SMILES string of the molecule is Clc1ccc2c(c1)cc1n2[C@@H](c2ccccc2)Oc2cc(Br)ccc2-1. The van der Waals surface area contributed by atoms with Crippen molar-refractivity contribution < 1.29 is 4.74 Å². The van der Waals surface area contributed by atoms with Gasteiger partial charge in [0.25, 0.3) is 0 Å². The summed E-state index contributed by atoms with van der Waals surface area (Å²) in [4.78, 5) is 0. The van der Waals surface area contributed by atoms with Crippen molar-refractivity contribution >= 4 is 38.4 Å². The Labute approximate surface area is 158 Å². The predicted molar refractivity (Wildman–Crippen MR) is 105 cm³/mol. The summed E-state index contributed by atoms with van der Waals surface area (Å²) in [5.74, 6) is 0.879. The lowest BCUT2D eigenvalue weighted by atomic mass is 10.1. The number of hydrogen-bond acceptors (Lipinski definition) is 1. The average Bonchev–Trinajstić information content (AvgIpc) is 3.00. The number of hydrogen-bond donors (Lipinski definition) is 0. The van der Waals surface area contributed by atoms with E-state index in [0.29, 0.717) is 0 Å². The van der Waals surface area contributed by atoms with Crippen LogP contribution in [-0.2, 0) is 0 Å². The van der Waals surface area contributed by atoms with Crippen LogP contribution in [0.25, 0.3) is 22.2 Å². The Morgan fingerprint density at radius 1 is 0.920 bits per heavy atom. The zero-order valence-corrected chi connectivity index (χ0v) is 15.5. The van der Waals surface area contributed by atoms with E-state index in [9.17, 15) is 0 Å². The van der Waals surface area contributed by atoms with Crippen molar-refractivity contribution in [3.8, 4) is 17.0 Å². The van der Waals surface area contributed by atoms with E-state index in [-0.39, 0.29) is 6.23 Å². The Balaban J connectivity index is 1.84. The number of halogens is 2. The van der Waals surface area contributed by atoms with Gasteiger partial charge in [-0.05, 0) is 42.5 Å². The second-order valence-corrected chi connectivity index (χ2v) is 7.48. The fraction of sp³-hybridized carbons (Fsp3) is 0.0476. The minimum absolute atomic E-state index is 0.211. The second-order valence-electron chi connectivity index (χ2n) is 6.12. The molecule has 3 aromatic carbocycles. The molecule has 4 aromatic rings. The van der Waals surface area contributed by atoms with Crippen molar-refractivity contribution in [3.63, 3.8) is 0 Å². The Kier molecular flexibility index (Phi) is 3.40. The molecule has 1 aliphatic heterocycles. The van der Waals surface area contributed by atoms with Crippen LogP contribution in [0.4, 0.5) is 0 Å². The van der Waals surface area contributed by atoms with Crippen molar-refractivity contribution in [2.75, 3.05) is 0 Å². The molecule has 0 spiro atoms. The highest BCUT2D eigenvalue weighted by Crippen LogP contribution is 2.45. The molecule has 122 valence electrons. The summed E-state index contributed by atoms with van der Waals surface area (Å²) in [6, 6.07) is 24.6. The molecule has 0 fully saturated rings. The van der Waals surface area contributed by atoms with E-state index >= 15 is 0 Å². The molecule has 0 radical (unpaired) electrons. The molecule has 0 N–H and O–H groups in total. The van der Waals surface area contributed by atoms with E-state index in [2.05, 4.69) is 50.8 Å². The number of ether oxygens (including phenoxy) is 1. The lowest BCUT2D eigenvalue weighted by Crippen LogP contribution is -2.22. The third-order valence-corrected chi connectivity index (χ3v) is 5.31. The first-order chi connectivity index (χ1) is 12.2. The summed E-state index contributed by atoms with van der Waals surface area (Å²) in [7, 11) is 0. The minimum atomic E-state index is -0.211. The van der Waals surface area contributed by atoms with Crippen molar-refractivity contribution in [2.24, 2.45) is 0 Å². The third-order valence-electron chi connectivity index (χ3n) is 4.58. The Bertz CT molecular complexity index is 1100. The molecular weight excluding hydrogens is 398 g/mol. The van der Waals surface area contributed by atoms with Gasteiger partial charge >= 0.3 is 0 Å². The first-order valence-corrected chi connectivity index (χ1v) is 9.20. The van der Waals surface area contributed by atoms with Crippen molar-refractivity contribution in [1.82, 2.24) is 4.57 Å². The van der Waals surface area contributed by atoms with E-state index in [1.165, 1.54) is 0 Å². The maximum atomic E-state index is 6.42. The molecule has 2 nitrogen and oxygen atoms in total. The van der Waals surface area contributed by atoms with Gasteiger partial charge in [-0.2, -0.15) is 0 Å². The summed E-state index contributed by atoms with van der Waals surface area (Å²) in [5, 5.41) is 1.85. The van der Waals surface area contributed by atoms with Gasteiger partial charge in [-0.15, -0.1) is 0 Å². The molecule has 2 heterocycles. The minimum Gasteiger partial charge on any atom is -0.465 e. The van der Waals surface area contributed by atoms with Gasteiger partial charge in [-0.1, -0.05) is 57.9 Å². The van der Waals surface area contributed by atoms with Crippen LogP contribution in [-0.4, -0.2) is 4.57 Å². The third kappa shape index (κ3) is 2.38. The Morgan fingerprint density at radius 2 is 1.76 bits per heavy atom. The smallest absolute Gasteiger partial charge is 0.203 e. The van der Waals surface area contributed by atoms with Crippen LogP contribution in [0.5, 0.6) is 5.75 Å². The zero-order chi connectivity index (χ0) is 17.0. The fourth-order valence-corrected chi connectivity index (χ4v) is 4.00. The largest absolute Gasteiger partial charge is 0.465 e. The number of aromatic nitrogens is 1. The number of benzene rings is 3. The first kappa shape index (κ1) is 15.1. The van der Waals surface area contributed by atoms with Crippen LogP contribution < -0.4 is 4.74 Å². The fourth-order valence-electron chi connectivity index (χ4n) is 3.48. The molecule has 1 atom stereocenters. The van der Waals surface area contributed by atoms with Gasteiger partial charge in [-0.25, -0.2) is 0 Å². The van der Waals surface area contributed by atoms with Gasteiger partial charge in [0.1, 0.15) is 5.75 Å². The first-order valence-electron chi connectivity index (χ1n) is 8.03. The van der Waals surface area contributed by atoms with Crippen LogP contribution in [0.2, 0.25) is 5.02 Å². The summed E-state index contributed by atoms with van der Waals surface area (Å²) in [5.41, 5.74) is 4.45. The molecule has 25 heavy (non-hydrogen) atoms. The van der Waals surface area contributed by atoms with Gasteiger partial charge in [0, 0.05) is 26.0 Å². The molecule has 0 saturated heterocycles. The normalized spacial score (nSPS) is 15.5. The van der Waals surface area contributed by atoms with E-state index in [1.54, 1.807) is 0 Å². The van der Waals surface area contributed by atoms with Crippen LogP contribution in [0, 0.1) is 0 Å². The van der Waals surface area contributed by atoms with Crippen molar-refractivity contribution in [1.29, 1.82) is 0 Å². The second kappa shape index (κ2) is 5.65. The molecule has 0 amide bonds. The summed E-state index contributed by atoms with van der Waals surface area (Å²) >= 11 is 9.76. The Hall–Kier alpha value is -2.23. The molecule has 1 aromatic heterocycles. The topological polar surface area (TPSA) is 14.2 Å². The van der Waals surface area contributed by atoms with E-state index in [0.717, 1.165) is 43.0 Å². The Morgan fingerprint density at radius 3 is 2.60 bits per heavy atom. The van der Waals surface area contributed by atoms with Crippen molar-refractivity contribution in [2.45, 2.75) is 6.23 Å². The maximum absolute atomic E-state index is 6.42. The summed E-state index contributed by atoms with van der Waals surface area (Å²) in [6.07, 6.45) is -0.211. The van der Waals surface area contributed by atoms with Gasteiger partial charge in [0.15, 0.2) is 0 Å². The number of nitrogens with zero attached hydrogens (tertiary/aromatic N) is 1. The molecule has 0 bridgehead atoms. The average molecular weight is 411 g/mol. The molecule has 0 unspecified atom stereocenters. The molecular formula is C21H13BrClNO. The maximum Gasteiger partial charge on any atom is 0.203 e. The molecule has 5 rings (SSSR count). The highest BCUT2D eigenvalue weighted by atomic mass is 79.9. The van der Waals surface area contributed by atoms with Crippen LogP contribution in [0.1, 0.15) is 11.8 Å². The van der Waals surface area contributed by atoms with E-state index in [4.69, 9.17) is 16.3 Å². The molecule has 0 aliphatic carbocycles. The van der Waals surface area contributed by atoms with Gasteiger partial charge in [-0.3, -0.25) is 0 Å². The van der Waals surface area contributed by atoms with Crippen LogP contribution in [0.3, 0.4) is 0 Å². The highest BCUT2D eigenvalue weighted by Gasteiger charge is 2.28. The van der Waals surface area contributed by atoms with Gasteiger partial charge in [0.2, 0.25) is 6.23 Å². The lowest BCUT2D eigenvalue weighted by molar-refractivity contribution is 0.173. The summed E-state index contributed by atoms with van der Waals surface area (Å²) in [6.45, 7) is 0. The van der Waals surface area contributed by atoms with Crippen LogP contribution in [0.15, 0.2) is 77.3 Å². The van der Waals surface area contributed by atoms with Gasteiger partial charge in [0.05, 0.1) is 11.2 Å². The predicted octanol–water partition coefficient (Wildman–Crippen LogP) is 6.66. The monoisotopic (exact) mass is 409 g/mol. The van der Waals surface area contributed by atoms with E-state index < -0.39 is 0 Å². The van der Waals surface area contributed by atoms with Crippen molar-refractivity contribution in [3.05, 3.63) is 87.9 Å². The van der Waals surface area contributed by atoms with Crippen LogP contribution >= 0.6 is 27.5 Å². The number of rotatable bonds is 1. The van der Waals surface area contributed by atoms with E-state index in [1.807, 2.05) is 42.5 Å². The molecule has 1 aliphatic rings. The molecule has 4 heteroatoms.